The molecule has 2 aromatic rings. The molecule has 4 N–H and O–H groups in total. The molecule has 1 saturated carbocycles. The number of nitrogens with zero attached hydrogens (tertiary/aromatic N) is 1. The smallest absolute Gasteiger partial charge is 0.255 e. The number of nitrogens with one attached hydrogen (secondary N) is 3. The Bertz CT molecular complexity index is 1120. The minimum atomic E-state index is -0.313. The fourth-order valence-corrected chi connectivity index (χ4v) is 9.08. The van der Waals surface area contributed by atoms with Gasteiger partial charge in [0.2, 0.25) is 5.91 Å². The van der Waals surface area contributed by atoms with Gasteiger partial charge in [0.1, 0.15) is 5.75 Å². The van der Waals surface area contributed by atoms with Crippen LogP contribution in [-0.2, 0) is 4.79 Å². The van der Waals surface area contributed by atoms with Crippen LogP contribution < -0.4 is 20.9 Å². The summed E-state index contributed by atoms with van der Waals surface area (Å²) < 4.78 is 0. The lowest BCUT2D eigenvalue weighted by molar-refractivity contribution is -0.123. The van der Waals surface area contributed by atoms with Crippen molar-refractivity contribution in [3.05, 3.63) is 60.2 Å². The van der Waals surface area contributed by atoms with Crippen molar-refractivity contribution in [1.29, 1.82) is 0 Å². The minimum Gasteiger partial charge on any atom is -0.507 e. The van der Waals surface area contributed by atoms with E-state index in [1.807, 2.05) is 11.8 Å². The third kappa shape index (κ3) is 8.36. The van der Waals surface area contributed by atoms with E-state index < -0.39 is 0 Å². The Morgan fingerprint density at radius 3 is 2.44 bits per heavy atom. The molecular weight excluding hydrogens is 553 g/mol. The van der Waals surface area contributed by atoms with Crippen LogP contribution in [0, 0.1) is 11.8 Å². The van der Waals surface area contributed by atoms with Gasteiger partial charge in [-0.3, -0.25) is 14.9 Å². The van der Waals surface area contributed by atoms with Crippen LogP contribution in [0.3, 0.4) is 0 Å². The normalized spacial score (nSPS) is 21.8. The van der Waals surface area contributed by atoms with Crippen LogP contribution in [0.1, 0.15) is 55.3 Å². The van der Waals surface area contributed by atoms with E-state index >= 15 is 0 Å². The van der Waals surface area contributed by atoms with Crippen molar-refractivity contribution in [2.24, 2.45) is 11.8 Å². The average Bonchev–Trinajstić information content (AvgIpc) is 3.57. The molecule has 2 aromatic carbocycles. The van der Waals surface area contributed by atoms with Crippen LogP contribution in [0.4, 0.5) is 5.69 Å². The van der Waals surface area contributed by atoms with Crippen molar-refractivity contribution >= 4 is 41.0 Å². The minimum absolute atomic E-state index is 0.0156. The zero-order valence-corrected chi connectivity index (χ0v) is 25.4. The SMILES string of the molecule is O=C(NCC(NC(=O)[C@@H]1CSCN1)C(SCC1CCCCC1)C1CCN(c2ccccc2)CC1)c1ccccc1O. The number of para-hydroxylation sites is 2. The number of anilines is 1. The highest BCUT2D eigenvalue weighted by molar-refractivity contribution is 8.00. The number of thioether (sulfide) groups is 2. The van der Waals surface area contributed by atoms with Crippen LogP contribution >= 0.6 is 23.5 Å². The van der Waals surface area contributed by atoms with E-state index in [4.69, 9.17) is 0 Å². The summed E-state index contributed by atoms with van der Waals surface area (Å²) in [5, 5.41) is 20.2. The summed E-state index contributed by atoms with van der Waals surface area (Å²) in [5.74, 6) is 3.47. The number of piperidine rings is 1. The first kappa shape index (κ1) is 30.1. The van der Waals surface area contributed by atoms with Crippen molar-refractivity contribution in [3.63, 3.8) is 0 Å². The van der Waals surface area contributed by atoms with Gasteiger partial charge in [-0.05, 0) is 67.5 Å². The second-order valence-corrected chi connectivity index (χ2v) is 13.8. The molecule has 2 heterocycles. The Kier molecular flexibility index (Phi) is 11.2. The van der Waals surface area contributed by atoms with Crippen LogP contribution in [0.5, 0.6) is 5.75 Å². The predicted molar refractivity (Wildman–Crippen MR) is 171 cm³/mol. The van der Waals surface area contributed by atoms with E-state index in [0.29, 0.717) is 12.5 Å². The first-order valence-corrected chi connectivity index (χ1v) is 17.4. The number of carbonyl (C=O) groups excluding carboxylic acids is 2. The fourth-order valence-electron chi connectivity index (χ4n) is 6.37. The molecule has 9 heteroatoms. The third-order valence-corrected chi connectivity index (χ3v) is 11.5. The number of rotatable bonds is 11. The number of benzene rings is 2. The quantitative estimate of drug-likeness (QED) is 0.294. The van der Waals surface area contributed by atoms with Gasteiger partial charge >= 0.3 is 0 Å². The highest BCUT2D eigenvalue weighted by Crippen LogP contribution is 2.36. The molecule has 2 amide bonds. The summed E-state index contributed by atoms with van der Waals surface area (Å²) >= 11 is 3.75. The summed E-state index contributed by atoms with van der Waals surface area (Å²) in [6.07, 6.45) is 8.64. The molecule has 3 fully saturated rings. The molecule has 0 aromatic heterocycles. The van der Waals surface area contributed by atoms with Crippen LogP contribution in [0.25, 0.3) is 0 Å². The lowest BCUT2D eigenvalue weighted by atomic mass is 9.89. The monoisotopic (exact) mass is 596 g/mol. The van der Waals surface area contributed by atoms with E-state index in [1.54, 1.807) is 30.0 Å². The Morgan fingerprint density at radius 2 is 1.73 bits per heavy atom. The topological polar surface area (TPSA) is 93.7 Å². The van der Waals surface area contributed by atoms with Crippen molar-refractivity contribution in [1.82, 2.24) is 16.0 Å². The molecule has 222 valence electrons. The lowest BCUT2D eigenvalue weighted by Gasteiger charge is -2.41. The highest BCUT2D eigenvalue weighted by atomic mass is 32.2. The van der Waals surface area contributed by atoms with Gasteiger partial charge in [-0.2, -0.15) is 11.8 Å². The zero-order valence-electron chi connectivity index (χ0n) is 23.8. The summed E-state index contributed by atoms with van der Waals surface area (Å²) in [6.45, 7) is 2.31. The van der Waals surface area contributed by atoms with E-state index in [-0.39, 0.29) is 40.5 Å². The number of carbonyl (C=O) groups is 2. The maximum atomic E-state index is 13.4. The molecule has 0 spiro atoms. The van der Waals surface area contributed by atoms with E-state index in [2.05, 4.69) is 51.2 Å². The second-order valence-electron chi connectivity index (χ2n) is 11.6. The third-order valence-electron chi connectivity index (χ3n) is 8.76. The summed E-state index contributed by atoms with van der Waals surface area (Å²) in [4.78, 5) is 29.0. The maximum Gasteiger partial charge on any atom is 0.255 e. The van der Waals surface area contributed by atoms with Crippen molar-refractivity contribution in [2.45, 2.75) is 62.3 Å². The molecule has 5 rings (SSSR count). The van der Waals surface area contributed by atoms with Crippen molar-refractivity contribution < 1.29 is 14.7 Å². The highest BCUT2D eigenvalue weighted by Gasteiger charge is 2.36. The summed E-state index contributed by atoms with van der Waals surface area (Å²) in [5.41, 5.74) is 1.52. The van der Waals surface area contributed by atoms with Gasteiger partial charge < -0.3 is 20.6 Å². The largest absolute Gasteiger partial charge is 0.507 e. The first-order chi connectivity index (χ1) is 20.1. The van der Waals surface area contributed by atoms with Gasteiger partial charge in [0.25, 0.3) is 5.91 Å². The Morgan fingerprint density at radius 1 is 1.00 bits per heavy atom. The van der Waals surface area contributed by atoms with Gasteiger partial charge in [0.15, 0.2) is 0 Å². The van der Waals surface area contributed by atoms with Gasteiger partial charge in [-0.1, -0.05) is 49.6 Å². The van der Waals surface area contributed by atoms with E-state index in [9.17, 15) is 14.7 Å². The van der Waals surface area contributed by atoms with Gasteiger partial charge in [0.05, 0.1) is 17.6 Å². The number of hydrogen-bond acceptors (Lipinski definition) is 7. The molecule has 3 aliphatic rings. The molecule has 1 aliphatic carbocycles. The van der Waals surface area contributed by atoms with Gasteiger partial charge in [0, 0.05) is 42.2 Å². The standard InChI is InChI=1S/C32H44N4O3S2/c37-29-14-8-7-13-26(29)31(38)33-19-27(35-32(39)28-21-40-22-34-28)30(41-20-23-9-3-1-4-10-23)24-15-17-36(18-16-24)25-11-5-2-6-12-25/h2,5-8,11-14,23-24,27-28,30,34,37H,1,3-4,9-10,15-22H2,(H,33,38)(H,35,39)/t27?,28-,30?/m0/s1. The number of phenolic OH excluding ortho intramolecular Hbond substituents is 1. The van der Waals surface area contributed by atoms with Crippen molar-refractivity contribution in [3.8, 4) is 5.75 Å². The molecule has 2 saturated heterocycles. The number of hydrogen-bond donors (Lipinski definition) is 4. The van der Waals surface area contributed by atoms with E-state index in [1.165, 1.54) is 43.9 Å². The first-order valence-electron chi connectivity index (χ1n) is 15.2. The molecule has 41 heavy (non-hydrogen) atoms. The van der Waals surface area contributed by atoms with Crippen LogP contribution in [0.15, 0.2) is 54.6 Å². The second kappa shape index (κ2) is 15.2. The average molecular weight is 597 g/mol. The Balaban J connectivity index is 1.32. The van der Waals surface area contributed by atoms with Gasteiger partial charge in [-0.15, -0.1) is 11.8 Å². The van der Waals surface area contributed by atoms with E-state index in [0.717, 1.165) is 49.2 Å². The number of amides is 2. The lowest BCUT2D eigenvalue weighted by Crippen LogP contribution is -2.56. The zero-order chi connectivity index (χ0) is 28.4. The Labute approximate surface area is 253 Å². The van der Waals surface area contributed by atoms with Crippen molar-refractivity contribution in [2.75, 3.05) is 41.9 Å². The molecule has 2 unspecified atom stereocenters. The maximum absolute atomic E-state index is 13.4. The molecular formula is C32H44N4O3S2. The molecule has 7 nitrogen and oxygen atoms in total. The predicted octanol–water partition coefficient (Wildman–Crippen LogP) is 4.87. The molecule has 3 atom stereocenters. The molecule has 0 radical (unpaired) electrons. The molecule has 0 bridgehead atoms. The summed E-state index contributed by atoms with van der Waals surface area (Å²) in [6, 6.07) is 16.8. The van der Waals surface area contributed by atoms with Crippen LogP contribution in [0.2, 0.25) is 0 Å². The molecule has 2 aliphatic heterocycles. The Hall–Kier alpha value is -2.36. The summed E-state index contributed by atoms with van der Waals surface area (Å²) in [7, 11) is 0. The number of phenols is 1. The van der Waals surface area contributed by atoms with Crippen LogP contribution in [-0.4, -0.2) is 71.3 Å². The van der Waals surface area contributed by atoms with Gasteiger partial charge in [-0.25, -0.2) is 0 Å². The fraction of sp³-hybridized carbons (Fsp3) is 0.562. The number of aromatic hydroxyl groups is 1.